The van der Waals surface area contributed by atoms with Gasteiger partial charge in [-0.1, -0.05) is 71.6 Å². The van der Waals surface area contributed by atoms with Crippen LogP contribution in [0.5, 0.6) is 5.75 Å². The maximum Gasteiger partial charge on any atom is 0.455 e. The highest BCUT2D eigenvalue weighted by atomic mass is 79.9. The molecule has 5 rings (SSSR count). The molecule has 204 valence electrons. The number of benzene rings is 2. The van der Waals surface area contributed by atoms with E-state index in [4.69, 9.17) is 4.65 Å². The van der Waals surface area contributed by atoms with Crippen LogP contribution in [0.15, 0.2) is 69.7 Å². The average Bonchev–Trinajstić information content (AvgIpc) is 3.18. The Labute approximate surface area is 239 Å². The molecule has 39 heavy (non-hydrogen) atoms. The predicted octanol–water partition coefficient (Wildman–Crippen LogP) is 6.53. The van der Waals surface area contributed by atoms with Gasteiger partial charge in [0.15, 0.2) is 0 Å². The van der Waals surface area contributed by atoms with Crippen molar-refractivity contribution in [1.82, 2.24) is 0 Å². The van der Waals surface area contributed by atoms with E-state index in [0.29, 0.717) is 24.8 Å². The third-order valence-corrected chi connectivity index (χ3v) is 8.90. The van der Waals surface area contributed by atoms with Crippen molar-refractivity contribution in [3.63, 3.8) is 0 Å². The molecule has 2 N–H and O–H groups in total. The molecule has 0 saturated carbocycles. The van der Waals surface area contributed by atoms with E-state index in [1.54, 1.807) is 18.2 Å². The Hall–Kier alpha value is -2.68. The highest BCUT2D eigenvalue weighted by molar-refractivity contribution is 9.10. The van der Waals surface area contributed by atoms with Gasteiger partial charge in [0.25, 0.3) is 0 Å². The van der Waals surface area contributed by atoms with E-state index in [0.717, 1.165) is 46.9 Å². The number of halogens is 1. The third kappa shape index (κ3) is 5.52. The van der Waals surface area contributed by atoms with Gasteiger partial charge in [-0.25, -0.2) is 0 Å². The lowest BCUT2D eigenvalue weighted by Crippen LogP contribution is -2.46. The van der Waals surface area contributed by atoms with E-state index in [2.05, 4.69) is 29.8 Å². The fraction of sp³-hybridized carbons (Fsp3) is 0.419. The number of hydrogen-bond acceptors (Lipinski definition) is 5. The van der Waals surface area contributed by atoms with Crippen LogP contribution in [0.4, 0.5) is 5.69 Å². The molecular formula is C31H35BBrNO5. The number of imide groups is 1. The van der Waals surface area contributed by atoms with Crippen molar-refractivity contribution < 1.29 is 24.4 Å². The molecule has 0 bridgehead atoms. The molecule has 4 atom stereocenters. The Morgan fingerprint density at radius 3 is 2.62 bits per heavy atom. The molecule has 0 unspecified atom stereocenters. The lowest BCUT2D eigenvalue weighted by Gasteiger charge is -2.43. The Balaban J connectivity index is 1.44. The van der Waals surface area contributed by atoms with E-state index >= 15 is 0 Å². The van der Waals surface area contributed by atoms with Gasteiger partial charge in [0, 0.05) is 10.0 Å². The molecule has 2 fully saturated rings. The number of amides is 2. The molecule has 2 aromatic rings. The van der Waals surface area contributed by atoms with Gasteiger partial charge in [-0.15, -0.1) is 0 Å². The standard InChI is InChI=1S/C31H35BBrNO5/c1-3-8-20-17-24-29(31(37)34(30(24)36)23-9-6-5-7-10-23)25-18-32(38)39-27(28(20)25)14-11-19(4-2)15-21-16-22(33)12-13-26(21)35/h5-7,9-10,12-13,15-16,24-25,27,29,35,38H,3-4,8,11,14,17-18H2,1-2H3/b19-15+/t24-,25+,27-,29-/m1/s1. The first-order valence-electron chi connectivity index (χ1n) is 14.0. The van der Waals surface area contributed by atoms with Crippen molar-refractivity contribution in [1.29, 1.82) is 0 Å². The summed E-state index contributed by atoms with van der Waals surface area (Å²) in [6.45, 7) is 4.22. The number of para-hydroxylation sites is 1. The first-order chi connectivity index (χ1) is 18.8. The maximum absolute atomic E-state index is 13.8. The van der Waals surface area contributed by atoms with Gasteiger partial charge in [0.2, 0.25) is 11.8 Å². The van der Waals surface area contributed by atoms with Gasteiger partial charge in [-0.3, -0.25) is 14.5 Å². The number of anilines is 1. The molecular weight excluding hydrogens is 557 g/mol. The van der Waals surface area contributed by atoms with Gasteiger partial charge in [-0.05, 0) is 80.2 Å². The van der Waals surface area contributed by atoms with Crippen molar-refractivity contribution >= 4 is 46.6 Å². The zero-order valence-electron chi connectivity index (χ0n) is 22.5. The Kier molecular flexibility index (Phi) is 8.45. The highest BCUT2D eigenvalue weighted by Crippen LogP contribution is 2.52. The van der Waals surface area contributed by atoms with Crippen molar-refractivity contribution in [2.45, 2.75) is 64.8 Å². The topological polar surface area (TPSA) is 87.1 Å². The number of carbonyl (C=O) groups excluding carboxylic acids is 2. The molecule has 8 heteroatoms. The van der Waals surface area contributed by atoms with Gasteiger partial charge < -0.3 is 14.8 Å². The summed E-state index contributed by atoms with van der Waals surface area (Å²) in [5, 5.41) is 21.1. The second kappa shape index (κ2) is 11.8. The summed E-state index contributed by atoms with van der Waals surface area (Å²) in [6.07, 6.45) is 6.58. The van der Waals surface area contributed by atoms with E-state index in [9.17, 15) is 19.7 Å². The summed E-state index contributed by atoms with van der Waals surface area (Å²) in [4.78, 5) is 28.7. The Morgan fingerprint density at radius 1 is 1.13 bits per heavy atom. The normalized spacial score (nSPS) is 25.3. The van der Waals surface area contributed by atoms with Crippen LogP contribution in [0, 0.1) is 17.8 Å². The molecule has 0 radical (unpaired) electrons. The van der Waals surface area contributed by atoms with E-state index in [1.807, 2.05) is 36.4 Å². The largest absolute Gasteiger partial charge is 0.507 e. The van der Waals surface area contributed by atoms with Crippen LogP contribution in [-0.4, -0.2) is 35.2 Å². The molecule has 0 aromatic heterocycles. The SMILES string of the molecule is CCCC1=C2[C@@H](CC/C(=C/c3cc(Br)ccc3O)CC)OB(O)C[C@@H]2[C@@H]2C(=O)N(c3ccccc3)C(=O)[C@@H]2C1. The van der Waals surface area contributed by atoms with Gasteiger partial charge in [0.05, 0.1) is 23.6 Å². The van der Waals surface area contributed by atoms with Gasteiger partial charge in [0.1, 0.15) is 5.75 Å². The van der Waals surface area contributed by atoms with Crippen molar-refractivity contribution in [2.24, 2.45) is 17.8 Å². The number of nitrogens with zero attached hydrogens (tertiary/aromatic N) is 1. The second-order valence-electron chi connectivity index (χ2n) is 10.8. The minimum atomic E-state index is -0.984. The van der Waals surface area contributed by atoms with Gasteiger partial charge in [-0.2, -0.15) is 0 Å². The number of carbonyl (C=O) groups is 2. The summed E-state index contributed by atoms with van der Waals surface area (Å²) >= 11 is 3.48. The van der Waals surface area contributed by atoms with E-state index < -0.39 is 19.0 Å². The highest BCUT2D eigenvalue weighted by Gasteiger charge is 2.57. The van der Waals surface area contributed by atoms with Crippen molar-refractivity contribution in [3.05, 3.63) is 75.3 Å². The molecule has 2 aromatic carbocycles. The average molecular weight is 592 g/mol. The fourth-order valence-electron chi connectivity index (χ4n) is 6.66. The summed E-state index contributed by atoms with van der Waals surface area (Å²) in [6, 6.07) is 14.5. The van der Waals surface area contributed by atoms with E-state index in [1.165, 1.54) is 10.5 Å². The van der Waals surface area contributed by atoms with Crippen LogP contribution in [0.1, 0.15) is 57.9 Å². The maximum atomic E-state index is 13.8. The number of phenols is 1. The quantitative estimate of drug-likeness (QED) is 0.207. The fourth-order valence-corrected chi connectivity index (χ4v) is 7.04. The lowest BCUT2D eigenvalue weighted by atomic mass is 9.58. The molecule has 2 heterocycles. The number of rotatable bonds is 8. The van der Waals surface area contributed by atoms with E-state index in [-0.39, 0.29) is 29.6 Å². The van der Waals surface area contributed by atoms with Gasteiger partial charge >= 0.3 is 7.12 Å². The lowest BCUT2D eigenvalue weighted by molar-refractivity contribution is -0.122. The summed E-state index contributed by atoms with van der Waals surface area (Å²) < 4.78 is 7.04. The summed E-state index contributed by atoms with van der Waals surface area (Å²) in [7, 11) is -0.984. The Bertz CT molecular complexity index is 1310. The minimum Gasteiger partial charge on any atom is -0.507 e. The minimum absolute atomic E-state index is 0.133. The molecule has 1 aliphatic carbocycles. The smallest absolute Gasteiger partial charge is 0.455 e. The number of aromatic hydroxyl groups is 1. The number of hydrogen-bond donors (Lipinski definition) is 2. The summed E-state index contributed by atoms with van der Waals surface area (Å²) in [5.41, 5.74) is 4.87. The predicted molar refractivity (Wildman–Crippen MR) is 157 cm³/mol. The Morgan fingerprint density at radius 2 is 1.90 bits per heavy atom. The van der Waals surface area contributed by atoms with Crippen molar-refractivity contribution in [3.8, 4) is 5.75 Å². The van der Waals surface area contributed by atoms with Crippen LogP contribution in [0.2, 0.25) is 6.32 Å². The summed E-state index contributed by atoms with van der Waals surface area (Å²) in [5.74, 6) is -1.16. The molecule has 2 amide bonds. The number of fused-ring (bicyclic) bond motifs is 3. The monoisotopic (exact) mass is 591 g/mol. The molecule has 2 saturated heterocycles. The van der Waals surface area contributed by atoms with Crippen molar-refractivity contribution in [2.75, 3.05) is 4.90 Å². The second-order valence-corrected chi connectivity index (χ2v) is 11.7. The van der Waals surface area contributed by atoms with Crippen LogP contribution >= 0.6 is 15.9 Å². The molecule has 0 spiro atoms. The first kappa shape index (κ1) is 27.9. The van der Waals surface area contributed by atoms with Crippen LogP contribution < -0.4 is 4.90 Å². The number of phenolic OH excluding ortho intramolecular Hbond substituents is 1. The van der Waals surface area contributed by atoms with Crippen LogP contribution in [0.25, 0.3) is 6.08 Å². The number of allylic oxidation sites excluding steroid dienone is 2. The zero-order chi connectivity index (χ0) is 27.7. The third-order valence-electron chi connectivity index (χ3n) is 8.41. The molecule has 2 aliphatic heterocycles. The van der Waals surface area contributed by atoms with Crippen LogP contribution in [-0.2, 0) is 14.2 Å². The molecule has 3 aliphatic rings. The van der Waals surface area contributed by atoms with Crippen LogP contribution in [0.3, 0.4) is 0 Å². The zero-order valence-corrected chi connectivity index (χ0v) is 24.1. The first-order valence-corrected chi connectivity index (χ1v) is 14.8. The molecule has 6 nitrogen and oxygen atoms in total.